The first-order valence-electron chi connectivity index (χ1n) is 5.09. The first-order chi connectivity index (χ1) is 7.66. The van der Waals surface area contributed by atoms with Crippen molar-refractivity contribution in [2.75, 3.05) is 0 Å². The third kappa shape index (κ3) is 2.53. The minimum atomic E-state index is -0.205. The fourth-order valence-corrected chi connectivity index (χ4v) is 2.47. The van der Waals surface area contributed by atoms with Crippen molar-refractivity contribution in [3.63, 3.8) is 0 Å². The summed E-state index contributed by atoms with van der Waals surface area (Å²) in [5.74, 6) is 0.730. The van der Waals surface area contributed by atoms with E-state index >= 15 is 0 Å². The monoisotopic (exact) mass is 282 g/mol. The van der Waals surface area contributed by atoms with Crippen LogP contribution in [0, 0.1) is 12.7 Å². The molecule has 0 amide bonds. The third-order valence-electron chi connectivity index (χ3n) is 2.51. The molecule has 0 saturated heterocycles. The first kappa shape index (κ1) is 11.4. The number of benzene rings is 1. The van der Waals surface area contributed by atoms with Gasteiger partial charge in [-0.25, -0.2) is 4.39 Å². The first-order valence-corrected chi connectivity index (χ1v) is 6.01. The number of hydrogen-bond donors (Lipinski definition) is 0. The second-order valence-electron chi connectivity index (χ2n) is 3.77. The lowest BCUT2D eigenvalue weighted by atomic mass is 10.1. The number of hydrogen-bond acceptors (Lipinski definition) is 1. The van der Waals surface area contributed by atoms with E-state index in [9.17, 15) is 4.39 Å². The highest BCUT2D eigenvalue weighted by molar-refractivity contribution is 9.09. The normalized spacial score (nSPS) is 12.7. The Kier molecular flexibility index (Phi) is 3.44. The molecule has 0 fully saturated rings. The second-order valence-corrected chi connectivity index (χ2v) is 4.87. The number of rotatable bonds is 3. The Morgan fingerprint density at radius 1 is 1.25 bits per heavy atom. The molecule has 0 bridgehead atoms. The average Bonchev–Trinajstić information content (AvgIpc) is 2.68. The van der Waals surface area contributed by atoms with Crippen molar-refractivity contribution in [1.82, 2.24) is 0 Å². The van der Waals surface area contributed by atoms with E-state index in [1.165, 1.54) is 12.1 Å². The second kappa shape index (κ2) is 4.83. The molecule has 1 aromatic carbocycles. The van der Waals surface area contributed by atoms with Gasteiger partial charge in [0.15, 0.2) is 0 Å². The molecular formula is C13H12BrFO. The van der Waals surface area contributed by atoms with Crippen molar-refractivity contribution in [2.45, 2.75) is 18.2 Å². The zero-order chi connectivity index (χ0) is 11.5. The van der Waals surface area contributed by atoms with E-state index in [1.807, 2.05) is 13.0 Å². The van der Waals surface area contributed by atoms with Crippen LogP contribution in [0.3, 0.4) is 0 Å². The van der Waals surface area contributed by atoms with Gasteiger partial charge in [-0.05, 0) is 42.7 Å². The van der Waals surface area contributed by atoms with Crippen molar-refractivity contribution in [2.24, 2.45) is 0 Å². The maximum Gasteiger partial charge on any atom is 0.123 e. The number of furan rings is 1. The van der Waals surface area contributed by atoms with E-state index < -0.39 is 0 Å². The fourth-order valence-electron chi connectivity index (χ4n) is 1.63. The summed E-state index contributed by atoms with van der Waals surface area (Å²) in [5.41, 5.74) is 2.21. The summed E-state index contributed by atoms with van der Waals surface area (Å²) in [7, 11) is 0. The van der Waals surface area contributed by atoms with Gasteiger partial charge in [-0.1, -0.05) is 28.1 Å². The molecule has 1 nitrogen and oxygen atoms in total. The molecule has 2 rings (SSSR count). The molecule has 1 unspecified atom stereocenters. The van der Waals surface area contributed by atoms with E-state index in [1.54, 1.807) is 18.4 Å². The Labute approximate surface area is 102 Å². The smallest absolute Gasteiger partial charge is 0.123 e. The molecule has 0 aliphatic carbocycles. The number of alkyl halides is 1. The summed E-state index contributed by atoms with van der Waals surface area (Å²) in [6.45, 7) is 2.01. The van der Waals surface area contributed by atoms with Gasteiger partial charge in [0.2, 0.25) is 0 Å². The molecule has 1 aromatic heterocycles. The molecule has 1 atom stereocenters. The van der Waals surface area contributed by atoms with Gasteiger partial charge in [-0.15, -0.1) is 0 Å². The maximum atomic E-state index is 12.7. The van der Waals surface area contributed by atoms with E-state index in [0.717, 1.165) is 23.3 Å². The lowest BCUT2D eigenvalue weighted by Crippen LogP contribution is -1.95. The van der Waals surface area contributed by atoms with Gasteiger partial charge >= 0.3 is 0 Å². The highest BCUT2D eigenvalue weighted by atomic mass is 79.9. The molecule has 0 N–H and O–H groups in total. The van der Waals surface area contributed by atoms with Crippen LogP contribution in [0.25, 0.3) is 0 Å². The van der Waals surface area contributed by atoms with Crippen molar-refractivity contribution in [3.05, 3.63) is 59.3 Å². The summed E-state index contributed by atoms with van der Waals surface area (Å²) in [6.07, 6.45) is 2.47. The minimum Gasteiger partial charge on any atom is -0.468 e. The van der Waals surface area contributed by atoms with Gasteiger partial charge in [0.05, 0.1) is 11.1 Å². The Morgan fingerprint density at radius 2 is 1.94 bits per heavy atom. The lowest BCUT2D eigenvalue weighted by Gasteiger charge is -2.08. The van der Waals surface area contributed by atoms with Crippen LogP contribution in [0.5, 0.6) is 0 Å². The van der Waals surface area contributed by atoms with Crippen LogP contribution in [0.4, 0.5) is 4.39 Å². The topological polar surface area (TPSA) is 13.1 Å². The van der Waals surface area contributed by atoms with Gasteiger partial charge in [-0.2, -0.15) is 0 Å². The molecule has 1 heterocycles. The predicted octanol–water partition coefficient (Wildman–Crippen LogP) is 4.41. The molecular weight excluding hydrogens is 271 g/mol. The molecule has 0 aliphatic heterocycles. The molecule has 0 radical (unpaired) electrons. The fraction of sp³-hybridized carbons (Fsp3) is 0.231. The summed E-state index contributed by atoms with van der Waals surface area (Å²) >= 11 is 3.58. The zero-order valence-corrected chi connectivity index (χ0v) is 10.5. The van der Waals surface area contributed by atoms with E-state index in [0.29, 0.717) is 0 Å². The van der Waals surface area contributed by atoms with Crippen LogP contribution >= 0.6 is 15.9 Å². The molecule has 2 aromatic rings. The quantitative estimate of drug-likeness (QED) is 0.761. The van der Waals surface area contributed by atoms with Crippen molar-refractivity contribution in [1.29, 1.82) is 0 Å². The van der Waals surface area contributed by atoms with Crippen LogP contribution < -0.4 is 0 Å². The molecule has 84 valence electrons. The zero-order valence-electron chi connectivity index (χ0n) is 8.91. The predicted molar refractivity (Wildman–Crippen MR) is 65.2 cm³/mol. The van der Waals surface area contributed by atoms with Gasteiger partial charge in [0.1, 0.15) is 11.6 Å². The van der Waals surface area contributed by atoms with Crippen molar-refractivity contribution < 1.29 is 8.81 Å². The average molecular weight is 283 g/mol. The largest absolute Gasteiger partial charge is 0.468 e. The van der Waals surface area contributed by atoms with Crippen molar-refractivity contribution in [3.8, 4) is 0 Å². The van der Waals surface area contributed by atoms with Crippen LogP contribution in [-0.2, 0) is 6.42 Å². The molecule has 0 saturated carbocycles. The molecule has 0 spiro atoms. The summed E-state index contributed by atoms with van der Waals surface area (Å²) in [4.78, 5) is 0.132. The Morgan fingerprint density at radius 3 is 2.50 bits per heavy atom. The number of halogens is 2. The van der Waals surface area contributed by atoms with Gasteiger partial charge < -0.3 is 4.42 Å². The SMILES string of the molecule is Cc1ccoc1C(Br)Cc1ccc(F)cc1. The summed E-state index contributed by atoms with van der Waals surface area (Å²) in [6, 6.07) is 8.48. The van der Waals surface area contributed by atoms with Gasteiger partial charge in [-0.3, -0.25) is 0 Å². The highest BCUT2D eigenvalue weighted by Crippen LogP contribution is 2.29. The standard InChI is InChI=1S/C13H12BrFO/c1-9-6-7-16-13(9)12(14)8-10-2-4-11(15)5-3-10/h2-7,12H,8H2,1H3. The Bertz CT molecular complexity index is 461. The van der Waals surface area contributed by atoms with Crippen LogP contribution in [-0.4, -0.2) is 0 Å². The van der Waals surface area contributed by atoms with Crippen LogP contribution in [0.15, 0.2) is 41.0 Å². The van der Waals surface area contributed by atoms with Gasteiger partial charge in [0, 0.05) is 0 Å². The minimum absolute atomic E-state index is 0.132. The Balaban J connectivity index is 2.10. The van der Waals surface area contributed by atoms with E-state index in [4.69, 9.17) is 4.42 Å². The maximum absolute atomic E-state index is 12.7. The molecule has 16 heavy (non-hydrogen) atoms. The molecule has 3 heteroatoms. The lowest BCUT2D eigenvalue weighted by molar-refractivity contribution is 0.504. The Hall–Kier alpha value is -1.09. The van der Waals surface area contributed by atoms with Crippen LogP contribution in [0.2, 0.25) is 0 Å². The highest BCUT2D eigenvalue weighted by Gasteiger charge is 2.14. The molecule has 0 aliphatic rings. The van der Waals surface area contributed by atoms with E-state index in [2.05, 4.69) is 15.9 Å². The van der Waals surface area contributed by atoms with Crippen LogP contribution in [0.1, 0.15) is 21.7 Å². The van der Waals surface area contributed by atoms with Crippen molar-refractivity contribution >= 4 is 15.9 Å². The summed E-state index contributed by atoms with van der Waals surface area (Å²) in [5, 5.41) is 0. The van der Waals surface area contributed by atoms with Gasteiger partial charge in [0.25, 0.3) is 0 Å². The summed E-state index contributed by atoms with van der Waals surface area (Å²) < 4.78 is 18.1. The number of aryl methyl sites for hydroxylation is 1. The third-order valence-corrected chi connectivity index (χ3v) is 3.25. The van der Waals surface area contributed by atoms with E-state index in [-0.39, 0.29) is 10.6 Å².